The molecule has 0 atom stereocenters. The van der Waals surface area contributed by atoms with Crippen LogP contribution in [0, 0.1) is 6.92 Å². The van der Waals surface area contributed by atoms with Crippen molar-refractivity contribution in [2.45, 2.75) is 6.92 Å². The largest absolute Gasteiger partial charge is 0.247 e. The first-order chi connectivity index (χ1) is 11.7. The van der Waals surface area contributed by atoms with Crippen LogP contribution in [0.2, 0.25) is 5.02 Å². The number of nitrogens with zero attached hydrogens (tertiary/aromatic N) is 1. The number of benzene rings is 3. The SMILES string of the molecule is Cc1c(-c2ccccc2)nc2ccccc2c1-c1ccc(Cl)cc1. The van der Waals surface area contributed by atoms with Gasteiger partial charge in [0.1, 0.15) is 0 Å². The fraction of sp³-hybridized carbons (Fsp3) is 0.0455. The molecule has 0 bridgehead atoms. The molecule has 1 heterocycles. The third-order valence-corrected chi connectivity index (χ3v) is 4.57. The highest BCUT2D eigenvalue weighted by Crippen LogP contribution is 2.36. The zero-order valence-corrected chi connectivity index (χ0v) is 14.1. The average molecular weight is 330 g/mol. The van der Waals surface area contributed by atoms with Crippen molar-refractivity contribution in [3.05, 3.63) is 89.4 Å². The molecule has 116 valence electrons. The Morgan fingerprint density at radius 2 is 1.38 bits per heavy atom. The summed E-state index contributed by atoms with van der Waals surface area (Å²) in [5.41, 5.74) is 6.73. The maximum absolute atomic E-state index is 6.07. The van der Waals surface area contributed by atoms with Gasteiger partial charge in [-0.15, -0.1) is 0 Å². The van der Waals surface area contributed by atoms with E-state index in [9.17, 15) is 0 Å². The number of hydrogen-bond acceptors (Lipinski definition) is 1. The van der Waals surface area contributed by atoms with Gasteiger partial charge in [-0.25, -0.2) is 4.98 Å². The van der Waals surface area contributed by atoms with E-state index in [1.165, 1.54) is 11.1 Å². The molecule has 3 aromatic carbocycles. The van der Waals surface area contributed by atoms with E-state index in [0.717, 1.165) is 32.7 Å². The molecule has 0 saturated carbocycles. The van der Waals surface area contributed by atoms with Crippen LogP contribution in [0.1, 0.15) is 5.56 Å². The molecule has 0 saturated heterocycles. The summed E-state index contributed by atoms with van der Waals surface area (Å²) >= 11 is 6.07. The lowest BCUT2D eigenvalue weighted by Crippen LogP contribution is -1.95. The summed E-state index contributed by atoms with van der Waals surface area (Å²) in [6, 6.07) is 26.7. The molecule has 1 aromatic heterocycles. The van der Waals surface area contributed by atoms with Crippen molar-refractivity contribution in [2.24, 2.45) is 0 Å². The zero-order valence-electron chi connectivity index (χ0n) is 13.3. The lowest BCUT2D eigenvalue weighted by molar-refractivity contribution is 1.33. The maximum Gasteiger partial charge on any atom is 0.0745 e. The quantitative estimate of drug-likeness (QED) is 0.407. The highest BCUT2D eigenvalue weighted by Gasteiger charge is 2.14. The molecule has 0 radical (unpaired) electrons. The molecule has 0 aliphatic heterocycles. The van der Waals surface area contributed by atoms with Gasteiger partial charge >= 0.3 is 0 Å². The number of hydrogen-bond donors (Lipinski definition) is 0. The Labute approximate surface area is 146 Å². The molecule has 0 aliphatic carbocycles. The standard InChI is InChI=1S/C22H16ClN/c1-15-21(16-11-13-18(23)14-12-16)19-9-5-6-10-20(19)24-22(15)17-7-3-2-4-8-17/h2-14H,1H3. The molecule has 0 unspecified atom stereocenters. The van der Waals surface area contributed by atoms with Crippen molar-refractivity contribution in [2.75, 3.05) is 0 Å². The summed E-state index contributed by atoms with van der Waals surface area (Å²) in [7, 11) is 0. The Morgan fingerprint density at radius 1 is 0.708 bits per heavy atom. The molecule has 0 aliphatic rings. The molecule has 0 N–H and O–H groups in total. The molecular weight excluding hydrogens is 314 g/mol. The topological polar surface area (TPSA) is 12.9 Å². The minimum Gasteiger partial charge on any atom is -0.247 e. The molecule has 0 amide bonds. The summed E-state index contributed by atoms with van der Waals surface area (Å²) in [5, 5.41) is 1.91. The summed E-state index contributed by atoms with van der Waals surface area (Å²) in [4.78, 5) is 4.92. The van der Waals surface area contributed by atoms with Gasteiger partial charge in [-0.3, -0.25) is 0 Å². The summed E-state index contributed by atoms with van der Waals surface area (Å²) in [5.74, 6) is 0. The minimum absolute atomic E-state index is 0.748. The molecule has 1 nitrogen and oxygen atoms in total. The third kappa shape index (κ3) is 2.57. The second-order valence-corrected chi connectivity index (χ2v) is 6.29. The van der Waals surface area contributed by atoms with E-state index < -0.39 is 0 Å². The number of pyridine rings is 1. The van der Waals surface area contributed by atoms with Crippen LogP contribution >= 0.6 is 11.6 Å². The lowest BCUT2D eigenvalue weighted by Gasteiger charge is -2.15. The fourth-order valence-corrected chi connectivity index (χ4v) is 3.30. The molecule has 2 heteroatoms. The monoisotopic (exact) mass is 329 g/mol. The third-order valence-electron chi connectivity index (χ3n) is 4.32. The van der Waals surface area contributed by atoms with Crippen LogP contribution in [0.3, 0.4) is 0 Å². The van der Waals surface area contributed by atoms with Crippen molar-refractivity contribution in [3.8, 4) is 22.4 Å². The first-order valence-electron chi connectivity index (χ1n) is 7.95. The van der Waals surface area contributed by atoms with Crippen LogP contribution in [-0.2, 0) is 0 Å². The second-order valence-electron chi connectivity index (χ2n) is 5.85. The van der Waals surface area contributed by atoms with E-state index in [1.54, 1.807) is 0 Å². The molecular formula is C22H16ClN. The van der Waals surface area contributed by atoms with E-state index in [4.69, 9.17) is 16.6 Å². The average Bonchev–Trinajstić information content (AvgIpc) is 2.63. The highest BCUT2D eigenvalue weighted by atomic mass is 35.5. The normalized spacial score (nSPS) is 10.9. The Hall–Kier alpha value is -2.64. The van der Waals surface area contributed by atoms with E-state index in [2.05, 4.69) is 49.4 Å². The summed E-state index contributed by atoms with van der Waals surface area (Å²) in [6.07, 6.45) is 0. The Bertz CT molecular complexity index is 1010. The Balaban J connectivity index is 2.07. The van der Waals surface area contributed by atoms with E-state index in [1.807, 2.05) is 36.4 Å². The number of rotatable bonds is 2. The van der Waals surface area contributed by atoms with Crippen molar-refractivity contribution in [1.82, 2.24) is 4.98 Å². The number of aromatic nitrogens is 1. The predicted octanol–water partition coefficient (Wildman–Crippen LogP) is 6.53. The minimum atomic E-state index is 0.748. The Morgan fingerprint density at radius 3 is 2.12 bits per heavy atom. The maximum atomic E-state index is 6.07. The number of halogens is 1. The van der Waals surface area contributed by atoms with Crippen LogP contribution in [0.4, 0.5) is 0 Å². The van der Waals surface area contributed by atoms with Crippen LogP contribution in [0.15, 0.2) is 78.9 Å². The van der Waals surface area contributed by atoms with Crippen LogP contribution in [0.25, 0.3) is 33.3 Å². The van der Waals surface area contributed by atoms with Gasteiger partial charge in [0.05, 0.1) is 11.2 Å². The molecule has 0 fully saturated rings. The van der Waals surface area contributed by atoms with Gasteiger partial charge in [0, 0.05) is 16.0 Å². The molecule has 4 aromatic rings. The summed E-state index contributed by atoms with van der Waals surface area (Å²) < 4.78 is 0. The Kier molecular flexibility index (Phi) is 3.79. The number of para-hydroxylation sites is 1. The van der Waals surface area contributed by atoms with E-state index >= 15 is 0 Å². The first-order valence-corrected chi connectivity index (χ1v) is 8.32. The molecule has 0 spiro atoms. The van der Waals surface area contributed by atoms with Gasteiger partial charge in [0.15, 0.2) is 0 Å². The van der Waals surface area contributed by atoms with Crippen LogP contribution in [0.5, 0.6) is 0 Å². The van der Waals surface area contributed by atoms with Crippen molar-refractivity contribution >= 4 is 22.5 Å². The van der Waals surface area contributed by atoms with Gasteiger partial charge in [-0.05, 0) is 41.8 Å². The number of fused-ring (bicyclic) bond motifs is 1. The highest BCUT2D eigenvalue weighted by molar-refractivity contribution is 6.30. The zero-order chi connectivity index (χ0) is 16.5. The molecule has 4 rings (SSSR count). The smallest absolute Gasteiger partial charge is 0.0745 e. The lowest BCUT2D eigenvalue weighted by atomic mass is 9.93. The van der Waals surface area contributed by atoms with Crippen molar-refractivity contribution < 1.29 is 0 Å². The van der Waals surface area contributed by atoms with Crippen LogP contribution < -0.4 is 0 Å². The van der Waals surface area contributed by atoms with Crippen LogP contribution in [-0.4, -0.2) is 4.98 Å². The first kappa shape index (κ1) is 14.9. The van der Waals surface area contributed by atoms with Gasteiger partial charge in [0.2, 0.25) is 0 Å². The van der Waals surface area contributed by atoms with E-state index in [-0.39, 0.29) is 0 Å². The molecule has 24 heavy (non-hydrogen) atoms. The van der Waals surface area contributed by atoms with Gasteiger partial charge < -0.3 is 0 Å². The summed E-state index contributed by atoms with van der Waals surface area (Å²) in [6.45, 7) is 2.14. The van der Waals surface area contributed by atoms with Crippen molar-refractivity contribution in [3.63, 3.8) is 0 Å². The van der Waals surface area contributed by atoms with Gasteiger partial charge in [-0.1, -0.05) is 72.3 Å². The fourth-order valence-electron chi connectivity index (χ4n) is 3.17. The van der Waals surface area contributed by atoms with Gasteiger partial charge in [-0.2, -0.15) is 0 Å². The second kappa shape index (κ2) is 6.10. The predicted molar refractivity (Wildman–Crippen MR) is 102 cm³/mol. The van der Waals surface area contributed by atoms with Crippen molar-refractivity contribution in [1.29, 1.82) is 0 Å². The van der Waals surface area contributed by atoms with E-state index in [0.29, 0.717) is 0 Å². The van der Waals surface area contributed by atoms with Gasteiger partial charge in [0.25, 0.3) is 0 Å².